The highest BCUT2D eigenvalue weighted by atomic mass is 32.2. The third-order valence-electron chi connectivity index (χ3n) is 4.69. The van der Waals surface area contributed by atoms with Crippen LogP contribution in [0.15, 0.2) is 18.2 Å². The van der Waals surface area contributed by atoms with E-state index >= 15 is 0 Å². The monoisotopic (exact) mass is 361 g/mol. The lowest BCUT2D eigenvalue weighted by molar-refractivity contribution is 0.0949. The van der Waals surface area contributed by atoms with Crippen LogP contribution >= 0.6 is 0 Å². The van der Waals surface area contributed by atoms with Gasteiger partial charge in [-0.2, -0.15) is 0 Å². The molecular formula is C16H19N5O3S. The number of aryl methyl sites for hydroxylation is 1. The van der Waals surface area contributed by atoms with Crippen molar-refractivity contribution in [3.63, 3.8) is 0 Å². The number of hydrogen-bond donors (Lipinski definition) is 1. The van der Waals surface area contributed by atoms with Crippen molar-refractivity contribution in [3.8, 4) is 0 Å². The van der Waals surface area contributed by atoms with Crippen LogP contribution < -0.4 is 9.62 Å². The van der Waals surface area contributed by atoms with Crippen molar-refractivity contribution in [1.29, 1.82) is 0 Å². The number of sulfonamides is 1. The maximum absolute atomic E-state index is 12.4. The second-order valence-corrected chi connectivity index (χ2v) is 8.31. The SMILES string of the molecule is CS(=O)(=O)N1CCc2cc(C(=O)NCc3nnc4n3CCC4)ccc21. The average molecular weight is 361 g/mol. The van der Waals surface area contributed by atoms with E-state index in [-0.39, 0.29) is 5.91 Å². The third kappa shape index (κ3) is 2.88. The Balaban J connectivity index is 1.48. The first kappa shape index (κ1) is 16.1. The van der Waals surface area contributed by atoms with Crippen LogP contribution in [0.3, 0.4) is 0 Å². The van der Waals surface area contributed by atoms with E-state index in [0.29, 0.717) is 30.8 Å². The number of anilines is 1. The highest BCUT2D eigenvalue weighted by molar-refractivity contribution is 7.92. The molecule has 8 nitrogen and oxygen atoms in total. The summed E-state index contributed by atoms with van der Waals surface area (Å²) in [4.78, 5) is 12.4. The fraction of sp³-hybridized carbons (Fsp3) is 0.438. The maximum atomic E-state index is 12.4. The number of carbonyl (C=O) groups excluding carboxylic acids is 1. The standard InChI is InChI=1S/C16H19N5O3S/c1-25(23,24)21-8-6-11-9-12(4-5-13(11)21)16(22)17-10-15-19-18-14-3-2-7-20(14)15/h4-5,9H,2-3,6-8,10H2,1H3,(H,17,22). The summed E-state index contributed by atoms with van der Waals surface area (Å²) in [6.45, 7) is 1.65. The zero-order valence-corrected chi connectivity index (χ0v) is 14.7. The Hall–Kier alpha value is -2.42. The molecule has 0 unspecified atom stereocenters. The molecule has 1 aromatic heterocycles. The molecule has 2 aliphatic heterocycles. The van der Waals surface area contributed by atoms with Crippen molar-refractivity contribution >= 4 is 21.6 Å². The van der Waals surface area contributed by atoms with E-state index in [2.05, 4.69) is 15.5 Å². The molecule has 0 saturated heterocycles. The number of aromatic nitrogens is 3. The third-order valence-corrected chi connectivity index (χ3v) is 5.87. The molecule has 0 fully saturated rings. The van der Waals surface area contributed by atoms with Gasteiger partial charge in [0.2, 0.25) is 10.0 Å². The molecular weight excluding hydrogens is 342 g/mol. The molecule has 0 saturated carbocycles. The predicted molar refractivity (Wildman–Crippen MR) is 91.8 cm³/mol. The van der Waals surface area contributed by atoms with E-state index in [0.717, 1.165) is 36.6 Å². The van der Waals surface area contributed by atoms with Crippen molar-refractivity contribution in [3.05, 3.63) is 41.0 Å². The molecule has 0 radical (unpaired) electrons. The van der Waals surface area contributed by atoms with Gasteiger partial charge in [0.1, 0.15) is 5.82 Å². The van der Waals surface area contributed by atoms with Gasteiger partial charge in [0.15, 0.2) is 5.82 Å². The molecule has 0 bridgehead atoms. The molecule has 25 heavy (non-hydrogen) atoms. The molecule has 1 aromatic carbocycles. The summed E-state index contributed by atoms with van der Waals surface area (Å²) in [6.07, 6.45) is 3.80. The zero-order chi connectivity index (χ0) is 17.6. The quantitative estimate of drug-likeness (QED) is 0.854. The van der Waals surface area contributed by atoms with Gasteiger partial charge >= 0.3 is 0 Å². The second-order valence-electron chi connectivity index (χ2n) is 6.40. The second kappa shape index (κ2) is 5.83. The fourth-order valence-electron chi connectivity index (χ4n) is 3.46. The van der Waals surface area contributed by atoms with Crippen LogP contribution in [0.1, 0.15) is 34.0 Å². The smallest absolute Gasteiger partial charge is 0.251 e. The van der Waals surface area contributed by atoms with Gasteiger partial charge in [-0.05, 0) is 36.6 Å². The van der Waals surface area contributed by atoms with Gasteiger partial charge in [-0.25, -0.2) is 8.42 Å². The van der Waals surface area contributed by atoms with Crippen LogP contribution in [-0.4, -0.2) is 41.9 Å². The zero-order valence-electron chi connectivity index (χ0n) is 13.9. The molecule has 2 aliphatic rings. The number of nitrogens with zero attached hydrogens (tertiary/aromatic N) is 4. The molecule has 3 heterocycles. The Morgan fingerprint density at radius 2 is 2.08 bits per heavy atom. The van der Waals surface area contributed by atoms with Gasteiger partial charge in [0.25, 0.3) is 5.91 Å². The van der Waals surface area contributed by atoms with Crippen LogP contribution in [0.5, 0.6) is 0 Å². The largest absolute Gasteiger partial charge is 0.345 e. The summed E-state index contributed by atoms with van der Waals surface area (Å²) < 4.78 is 27.0. The highest BCUT2D eigenvalue weighted by Gasteiger charge is 2.27. The van der Waals surface area contributed by atoms with Crippen molar-refractivity contribution in [2.24, 2.45) is 0 Å². The lowest BCUT2D eigenvalue weighted by Crippen LogP contribution is -2.27. The van der Waals surface area contributed by atoms with Gasteiger partial charge < -0.3 is 9.88 Å². The molecule has 1 N–H and O–H groups in total. The molecule has 0 spiro atoms. The Kier molecular flexibility index (Phi) is 3.75. The number of hydrogen-bond acceptors (Lipinski definition) is 5. The number of fused-ring (bicyclic) bond motifs is 2. The Labute approximate surface area is 145 Å². The summed E-state index contributed by atoms with van der Waals surface area (Å²) >= 11 is 0. The minimum absolute atomic E-state index is 0.198. The molecule has 0 atom stereocenters. The van der Waals surface area contributed by atoms with E-state index in [1.807, 2.05) is 4.57 Å². The topological polar surface area (TPSA) is 97.2 Å². The fourth-order valence-corrected chi connectivity index (χ4v) is 4.42. The van der Waals surface area contributed by atoms with Crippen LogP contribution in [0, 0.1) is 0 Å². The summed E-state index contributed by atoms with van der Waals surface area (Å²) in [7, 11) is -3.28. The van der Waals surface area contributed by atoms with Gasteiger partial charge in [-0.3, -0.25) is 9.10 Å². The van der Waals surface area contributed by atoms with Crippen molar-refractivity contribution < 1.29 is 13.2 Å². The average Bonchev–Trinajstić information content (AvgIpc) is 3.26. The molecule has 1 amide bonds. The highest BCUT2D eigenvalue weighted by Crippen LogP contribution is 2.30. The van der Waals surface area contributed by atoms with Gasteiger partial charge in [0, 0.05) is 25.1 Å². The molecule has 4 rings (SSSR count). The Morgan fingerprint density at radius 1 is 1.24 bits per heavy atom. The van der Waals surface area contributed by atoms with E-state index in [1.165, 1.54) is 10.6 Å². The molecule has 0 aliphatic carbocycles. The van der Waals surface area contributed by atoms with Crippen LogP contribution in [0.25, 0.3) is 0 Å². The number of benzene rings is 1. The van der Waals surface area contributed by atoms with Crippen LogP contribution in [0.4, 0.5) is 5.69 Å². The first-order valence-electron chi connectivity index (χ1n) is 8.23. The Morgan fingerprint density at radius 3 is 2.88 bits per heavy atom. The van der Waals surface area contributed by atoms with Crippen LogP contribution in [-0.2, 0) is 36.0 Å². The van der Waals surface area contributed by atoms with Gasteiger partial charge in [-0.1, -0.05) is 0 Å². The molecule has 9 heteroatoms. The van der Waals surface area contributed by atoms with E-state index in [9.17, 15) is 13.2 Å². The first-order valence-corrected chi connectivity index (χ1v) is 10.1. The predicted octanol–water partition coefficient (Wildman–Crippen LogP) is 0.476. The van der Waals surface area contributed by atoms with Crippen molar-refractivity contribution in [2.75, 3.05) is 17.1 Å². The lowest BCUT2D eigenvalue weighted by Gasteiger charge is -2.16. The number of amides is 1. The first-order chi connectivity index (χ1) is 11.9. The van der Waals surface area contributed by atoms with E-state index in [1.54, 1.807) is 18.2 Å². The summed E-state index contributed by atoms with van der Waals surface area (Å²) in [5.41, 5.74) is 2.06. The minimum Gasteiger partial charge on any atom is -0.345 e. The molecule has 132 valence electrons. The van der Waals surface area contributed by atoms with E-state index in [4.69, 9.17) is 0 Å². The van der Waals surface area contributed by atoms with Gasteiger partial charge in [-0.15, -0.1) is 10.2 Å². The van der Waals surface area contributed by atoms with E-state index < -0.39 is 10.0 Å². The molecule has 2 aromatic rings. The lowest BCUT2D eigenvalue weighted by atomic mass is 10.1. The summed E-state index contributed by atoms with van der Waals surface area (Å²) in [6, 6.07) is 5.13. The summed E-state index contributed by atoms with van der Waals surface area (Å²) in [5.74, 6) is 1.55. The van der Waals surface area contributed by atoms with Crippen LogP contribution in [0.2, 0.25) is 0 Å². The minimum atomic E-state index is -3.28. The summed E-state index contributed by atoms with van der Waals surface area (Å²) in [5, 5.41) is 11.1. The van der Waals surface area contributed by atoms with Gasteiger partial charge in [0.05, 0.1) is 18.5 Å². The number of carbonyl (C=O) groups is 1. The van der Waals surface area contributed by atoms with Crippen molar-refractivity contribution in [1.82, 2.24) is 20.1 Å². The Bertz CT molecular complexity index is 951. The number of rotatable bonds is 4. The maximum Gasteiger partial charge on any atom is 0.251 e. The van der Waals surface area contributed by atoms with Crippen molar-refractivity contribution in [2.45, 2.75) is 32.4 Å². The number of nitrogens with one attached hydrogen (secondary N) is 1. The normalized spacial score (nSPS) is 16.0.